The molecule has 2 aromatic heterocycles. The highest BCUT2D eigenvalue weighted by molar-refractivity contribution is 6.00. The van der Waals surface area contributed by atoms with Gasteiger partial charge in [-0.25, -0.2) is 0 Å². The molecule has 10 heteroatoms. The summed E-state index contributed by atoms with van der Waals surface area (Å²) < 4.78 is 3.39. The van der Waals surface area contributed by atoms with E-state index in [1.807, 2.05) is 13.8 Å². The molecule has 3 aliphatic rings. The molecule has 3 heterocycles. The van der Waals surface area contributed by atoms with Gasteiger partial charge in [0.25, 0.3) is 5.91 Å². The van der Waals surface area contributed by atoms with E-state index in [9.17, 15) is 14.4 Å². The number of carbonyl (C=O) groups excluding carboxylic acids is 3. The zero-order chi connectivity index (χ0) is 24.5. The Labute approximate surface area is 205 Å². The van der Waals surface area contributed by atoms with Crippen molar-refractivity contribution in [1.29, 1.82) is 0 Å². The van der Waals surface area contributed by atoms with Gasteiger partial charge in [-0.15, -0.1) is 0 Å². The zero-order valence-corrected chi connectivity index (χ0v) is 20.4. The van der Waals surface area contributed by atoms with E-state index >= 15 is 0 Å². The average molecular weight is 482 g/mol. The largest absolute Gasteiger partial charge is 0.356 e. The molecule has 0 aromatic carbocycles. The van der Waals surface area contributed by atoms with E-state index in [4.69, 9.17) is 0 Å². The number of hydrogen-bond acceptors (Lipinski definition) is 5. The summed E-state index contributed by atoms with van der Waals surface area (Å²) in [4.78, 5) is 38.9. The molecule has 1 saturated heterocycles. The van der Waals surface area contributed by atoms with Gasteiger partial charge in [0.05, 0.1) is 24.3 Å². The van der Waals surface area contributed by atoms with Crippen molar-refractivity contribution in [1.82, 2.24) is 30.2 Å². The van der Waals surface area contributed by atoms with Crippen molar-refractivity contribution in [2.75, 3.05) is 11.9 Å². The first-order valence-electron chi connectivity index (χ1n) is 12.9. The summed E-state index contributed by atoms with van der Waals surface area (Å²) in [6.45, 7) is 5.15. The number of nitrogens with zero attached hydrogens (tertiary/aromatic N) is 4. The highest BCUT2D eigenvalue weighted by Crippen LogP contribution is 2.50. The minimum Gasteiger partial charge on any atom is -0.356 e. The van der Waals surface area contributed by atoms with Gasteiger partial charge in [0.1, 0.15) is 11.7 Å². The van der Waals surface area contributed by atoms with Gasteiger partial charge in [-0.2, -0.15) is 10.2 Å². The normalized spacial score (nSPS) is 21.1. The number of amides is 3. The number of piperidine rings is 1. The summed E-state index contributed by atoms with van der Waals surface area (Å²) in [5.74, 6) is 0.531. The molecule has 0 bridgehead atoms. The lowest BCUT2D eigenvalue weighted by atomic mass is 9.88. The summed E-state index contributed by atoms with van der Waals surface area (Å²) >= 11 is 0. The zero-order valence-electron chi connectivity index (χ0n) is 20.4. The molecule has 0 radical (unpaired) electrons. The molecule has 188 valence electrons. The fourth-order valence-electron chi connectivity index (χ4n) is 5.33. The molecule has 3 N–H and O–H groups in total. The van der Waals surface area contributed by atoms with Crippen LogP contribution in [-0.2, 0) is 16.1 Å². The van der Waals surface area contributed by atoms with E-state index in [2.05, 4.69) is 26.1 Å². The van der Waals surface area contributed by atoms with Crippen molar-refractivity contribution in [3.05, 3.63) is 30.4 Å². The molecule has 35 heavy (non-hydrogen) atoms. The van der Waals surface area contributed by atoms with E-state index in [1.54, 1.807) is 34.0 Å². The molecule has 1 unspecified atom stereocenters. The Hall–Kier alpha value is -3.17. The fourth-order valence-corrected chi connectivity index (χ4v) is 5.33. The molecule has 2 atom stereocenters. The molecule has 2 saturated carbocycles. The first-order chi connectivity index (χ1) is 16.9. The Morgan fingerprint density at radius 1 is 1.14 bits per heavy atom. The van der Waals surface area contributed by atoms with Crippen LogP contribution < -0.4 is 16.0 Å². The summed E-state index contributed by atoms with van der Waals surface area (Å²) in [6, 6.07) is 1.11. The maximum atomic E-state index is 13.5. The maximum absolute atomic E-state index is 13.5. The molecule has 5 rings (SSSR count). The van der Waals surface area contributed by atoms with Crippen LogP contribution in [0.25, 0.3) is 0 Å². The van der Waals surface area contributed by atoms with Gasteiger partial charge in [0.15, 0.2) is 0 Å². The van der Waals surface area contributed by atoms with Crippen molar-refractivity contribution in [2.24, 2.45) is 23.7 Å². The van der Waals surface area contributed by atoms with Crippen LogP contribution in [0.15, 0.2) is 24.7 Å². The van der Waals surface area contributed by atoms with Gasteiger partial charge in [0.2, 0.25) is 11.8 Å². The molecule has 2 aliphatic carbocycles. The second-order valence-electron chi connectivity index (χ2n) is 10.5. The van der Waals surface area contributed by atoms with Gasteiger partial charge in [-0.1, -0.05) is 0 Å². The van der Waals surface area contributed by atoms with Crippen LogP contribution in [0.1, 0.15) is 68.9 Å². The van der Waals surface area contributed by atoms with Gasteiger partial charge in [-0.3, -0.25) is 23.7 Å². The average Bonchev–Trinajstić information content (AvgIpc) is 3.75. The van der Waals surface area contributed by atoms with Crippen LogP contribution in [0.2, 0.25) is 0 Å². The van der Waals surface area contributed by atoms with E-state index in [0.717, 1.165) is 45.1 Å². The molecule has 3 fully saturated rings. The predicted octanol–water partition coefficient (Wildman–Crippen LogP) is 2.36. The number of aromatic nitrogens is 4. The Morgan fingerprint density at radius 3 is 2.54 bits per heavy atom. The van der Waals surface area contributed by atoms with Crippen molar-refractivity contribution >= 4 is 23.4 Å². The van der Waals surface area contributed by atoms with Crippen LogP contribution in [0.4, 0.5) is 5.69 Å². The van der Waals surface area contributed by atoms with Crippen molar-refractivity contribution in [3.8, 4) is 0 Å². The van der Waals surface area contributed by atoms with E-state index in [-0.39, 0.29) is 35.6 Å². The lowest BCUT2D eigenvalue weighted by Crippen LogP contribution is -2.50. The first kappa shape index (κ1) is 23.6. The van der Waals surface area contributed by atoms with Gasteiger partial charge in [0, 0.05) is 25.0 Å². The smallest absolute Gasteiger partial charge is 0.270 e. The molecular weight excluding hydrogens is 446 g/mol. The van der Waals surface area contributed by atoms with Crippen molar-refractivity contribution in [3.63, 3.8) is 0 Å². The van der Waals surface area contributed by atoms with Crippen LogP contribution in [0.5, 0.6) is 0 Å². The molecule has 1 aliphatic heterocycles. The molecule has 2 aromatic rings. The highest BCUT2D eigenvalue weighted by Gasteiger charge is 2.48. The second kappa shape index (κ2) is 9.83. The third-order valence-electron chi connectivity index (χ3n) is 7.39. The predicted molar refractivity (Wildman–Crippen MR) is 129 cm³/mol. The fraction of sp³-hybridized carbons (Fsp3) is 0.640. The van der Waals surface area contributed by atoms with Gasteiger partial charge >= 0.3 is 0 Å². The number of hydrogen-bond donors (Lipinski definition) is 3. The first-order valence-corrected chi connectivity index (χ1v) is 12.9. The summed E-state index contributed by atoms with van der Waals surface area (Å²) in [5.41, 5.74) is 1.03. The summed E-state index contributed by atoms with van der Waals surface area (Å²) in [5, 5.41) is 17.6. The number of nitrogens with one attached hydrogen (secondary N) is 3. The van der Waals surface area contributed by atoms with E-state index in [1.165, 1.54) is 0 Å². The second-order valence-corrected chi connectivity index (χ2v) is 10.5. The lowest BCUT2D eigenvalue weighted by molar-refractivity contribution is -0.127. The van der Waals surface area contributed by atoms with E-state index < -0.39 is 6.04 Å². The topological polar surface area (TPSA) is 123 Å². The number of rotatable bonds is 10. The Balaban J connectivity index is 1.30. The molecular formula is C25H35N7O3. The quantitative estimate of drug-likeness (QED) is 0.481. The molecule has 10 nitrogen and oxygen atoms in total. The third-order valence-corrected chi connectivity index (χ3v) is 7.39. The van der Waals surface area contributed by atoms with Crippen LogP contribution >= 0.6 is 0 Å². The van der Waals surface area contributed by atoms with Crippen molar-refractivity contribution in [2.45, 2.75) is 71.0 Å². The molecule has 0 spiro atoms. The lowest BCUT2D eigenvalue weighted by Gasteiger charge is -2.27. The van der Waals surface area contributed by atoms with Gasteiger partial charge in [-0.05, 0) is 76.2 Å². The number of carbonyl (C=O) groups is 3. The minimum absolute atomic E-state index is 0.0396. The summed E-state index contributed by atoms with van der Waals surface area (Å²) in [7, 11) is 0. The van der Waals surface area contributed by atoms with Crippen LogP contribution in [0, 0.1) is 23.7 Å². The standard InChI is InChI=1S/C25H35N7O3/c1-15(2)32-20(9-11-27-32)24(34)30-22(21(16-5-6-16)17-7-8-17)25(35)29-19-12-28-31(14-19)13-18-4-3-10-26-23(18)33/h9,11-12,14-18,21-22H,3-8,10,13H2,1-2H3,(H,26,33)(H,29,35)(H,30,34)/t18?,22-/m0/s1. The Bertz CT molecular complexity index is 1070. The highest BCUT2D eigenvalue weighted by atomic mass is 16.2. The molecule has 3 amide bonds. The Morgan fingerprint density at radius 2 is 1.89 bits per heavy atom. The monoisotopic (exact) mass is 481 g/mol. The van der Waals surface area contributed by atoms with Crippen molar-refractivity contribution < 1.29 is 14.4 Å². The van der Waals surface area contributed by atoms with Crippen LogP contribution in [0.3, 0.4) is 0 Å². The van der Waals surface area contributed by atoms with Gasteiger partial charge < -0.3 is 16.0 Å². The maximum Gasteiger partial charge on any atom is 0.270 e. The Kier molecular flexibility index (Phi) is 6.62. The minimum atomic E-state index is -0.620. The summed E-state index contributed by atoms with van der Waals surface area (Å²) in [6.07, 6.45) is 11.2. The number of anilines is 1. The van der Waals surface area contributed by atoms with E-state index in [0.29, 0.717) is 29.8 Å². The SMILES string of the molecule is CC(C)n1nccc1C(=O)N[C@H](C(=O)Nc1cnn(CC2CCCNC2=O)c1)C(C1CC1)C1CC1. The van der Waals surface area contributed by atoms with Crippen LogP contribution in [-0.4, -0.2) is 49.9 Å². The third kappa shape index (κ3) is 5.41.